The molecule has 0 aromatic rings. The quantitative estimate of drug-likeness (QED) is 0.221. The molecule has 0 aromatic carbocycles. The predicted molar refractivity (Wildman–Crippen MR) is 104 cm³/mol. The van der Waals surface area contributed by atoms with Crippen molar-refractivity contribution in [3.63, 3.8) is 0 Å². The van der Waals surface area contributed by atoms with E-state index < -0.39 is 60.1 Å². The smallest absolute Gasteiger partial charge is 0.326 e. The average Bonchev–Trinajstić information content (AvgIpc) is 2.60. The molecule has 7 N–H and O–H groups in total. The Bertz CT molecular complexity index is 607. The van der Waals surface area contributed by atoms with Crippen molar-refractivity contribution in [2.75, 3.05) is 6.54 Å². The summed E-state index contributed by atoms with van der Waals surface area (Å²) in [5.74, 6) is -4.85. The lowest BCUT2D eigenvalue weighted by atomic mass is 10.0. The Hall–Kier alpha value is -2.69. The van der Waals surface area contributed by atoms with Crippen molar-refractivity contribution in [2.24, 2.45) is 17.6 Å². The molecule has 3 amide bonds. The van der Waals surface area contributed by atoms with E-state index in [0.717, 1.165) is 0 Å². The van der Waals surface area contributed by atoms with Gasteiger partial charge < -0.3 is 31.9 Å². The highest BCUT2D eigenvalue weighted by molar-refractivity contribution is 5.93. The monoisotopic (exact) mass is 416 g/mol. The van der Waals surface area contributed by atoms with Gasteiger partial charge in [-0.15, -0.1) is 0 Å². The fourth-order valence-corrected chi connectivity index (χ4v) is 2.53. The maximum Gasteiger partial charge on any atom is 0.326 e. The molecule has 0 saturated carbocycles. The maximum atomic E-state index is 12.6. The van der Waals surface area contributed by atoms with Crippen LogP contribution >= 0.6 is 0 Å². The number of nitrogens with two attached hydrogens (primary N) is 1. The minimum atomic E-state index is -1.27. The van der Waals surface area contributed by atoms with Gasteiger partial charge in [-0.05, 0) is 24.7 Å². The Kier molecular flexibility index (Phi) is 11.5. The van der Waals surface area contributed by atoms with Crippen molar-refractivity contribution in [3.05, 3.63) is 0 Å². The molecule has 0 aliphatic carbocycles. The minimum absolute atomic E-state index is 0.0347. The fourth-order valence-electron chi connectivity index (χ4n) is 2.53. The topological polar surface area (TPSA) is 188 Å². The standard InChI is InChI=1S/C18H32N4O7/c1-9(2)7-12(20-13(23)8-19)17(27)21-11(5-6-14(24)25)16(26)22-15(10(3)4)18(28)29/h9-12,15H,5-8,19H2,1-4H3,(H,20,23)(H,21,27)(H,22,26)(H,24,25)(H,28,29). The van der Waals surface area contributed by atoms with Crippen molar-refractivity contribution in [2.45, 2.75) is 65.1 Å². The first kappa shape index (κ1) is 26.3. The first-order valence-corrected chi connectivity index (χ1v) is 9.43. The van der Waals surface area contributed by atoms with Gasteiger partial charge in [0.05, 0.1) is 6.54 Å². The van der Waals surface area contributed by atoms with Crippen LogP contribution in [0.1, 0.15) is 47.0 Å². The largest absolute Gasteiger partial charge is 0.481 e. The van der Waals surface area contributed by atoms with Gasteiger partial charge in [-0.3, -0.25) is 19.2 Å². The molecular weight excluding hydrogens is 384 g/mol. The first-order chi connectivity index (χ1) is 13.4. The molecular formula is C18H32N4O7. The van der Waals surface area contributed by atoms with Gasteiger partial charge in [0.1, 0.15) is 18.1 Å². The van der Waals surface area contributed by atoms with E-state index in [4.69, 9.17) is 10.8 Å². The Morgan fingerprint density at radius 3 is 1.83 bits per heavy atom. The molecule has 11 heteroatoms. The van der Waals surface area contributed by atoms with E-state index in [-0.39, 0.29) is 25.3 Å². The lowest BCUT2D eigenvalue weighted by Crippen LogP contribution is -2.57. The van der Waals surface area contributed by atoms with Gasteiger partial charge in [0.15, 0.2) is 0 Å². The lowest BCUT2D eigenvalue weighted by Gasteiger charge is -2.25. The van der Waals surface area contributed by atoms with E-state index in [1.165, 1.54) is 0 Å². The summed E-state index contributed by atoms with van der Waals surface area (Å²) in [6.45, 7) is 6.56. The fraction of sp³-hybridized carbons (Fsp3) is 0.722. The minimum Gasteiger partial charge on any atom is -0.481 e. The van der Waals surface area contributed by atoms with Crippen molar-refractivity contribution >= 4 is 29.7 Å². The Morgan fingerprint density at radius 1 is 0.862 bits per heavy atom. The number of carboxylic acids is 2. The van der Waals surface area contributed by atoms with Gasteiger partial charge in [0, 0.05) is 6.42 Å². The highest BCUT2D eigenvalue weighted by Crippen LogP contribution is 2.08. The van der Waals surface area contributed by atoms with Gasteiger partial charge in [-0.25, -0.2) is 4.79 Å². The number of rotatable bonds is 13. The molecule has 0 rings (SSSR count). The third-order valence-corrected chi connectivity index (χ3v) is 4.05. The molecule has 0 aliphatic heterocycles. The molecule has 166 valence electrons. The molecule has 0 saturated heterocycles. The highest BCUT2D eigenvalue weighted by atomic mass is 16.4. The molecule has 0 bridgehead atoms. The molecule has 0 aliphatic rings. The lowest BCUT2D eigenvalue weighted by molar-refractivity contribution is -0.144. The van der Waals surface area contributed by atoms with E-state index in [9.17, 15) is 29.1 Å². The van der Waals surface area contributed by atoms with E-state index in [1.54, 1.807) is 13.8 Å². The molecule has 3 atom stereocenters. The number of carbonyl (C=O) groups is 5. The van der Waals surface area contributed by atoms with Crippen molar-refractivity contribution in [1.82, 2.24) is 16.0 Å². The third kappa shape index (κ3) is 10.4. The zero-order valence-corrected chi connectivity index (χ0v) is 17.2. The van der Waals surface area contributed by atoms with Crippen molar-refractivity contribution in [1.29, 1.82) is 0 Å². The first-order valence-electron chi connectivity index (χ1n) is 9.43. The molecule has 0 spiro atoms. The SMILES string of the molecule is CC(C)CC(NC(=O)CN)C(=O)NC(CCC(=O)O)C(=O)NC(C(=O)O)C(C)C. The van der Waals surface area contributed by atoms with Crippen LogP contribution in [-0.4, -0.2) is 64.5 Å². The van der Waals surface area contributed by atoms with Crippen LogP contribution in [0.15, 0.2) is 0 Å². The summed E-state index contributed by atoms with van der Waals surface area (Å²) in [6, 6.07) is -3.44. The number of aliphatic carboxylic acids is 2. The van der Waals surface area contributed by atoms with Crippen LogP contribution in [0.5, 0.6) is 0 Å². The summed E-state index contributed by atoms with van der Waals surface area (Å²) in [5.41, 5.74) is 5.26. The van der Waals surface area contributed by atoms with Crippen LogP contribution in [-0.2, 0) is 24.0 Å². The summed E-state index contributed by atoms with van der Waals surface area (Å²) < 4.78 is 0. The summed E-state index contributed by atoms with van der Waals surface area (Å²) in [4.78, 5) is 59.0. The number of carboxylic acid groups (broad SMARTS) is 2. The molecule has 0 radical (unpaired) electrons. The van der Waals surface area contributed by atoms with E-state index in [0.29, 0.717) is 0 Å². The van der Waals surface area contributed by atoms with Crippen molar-refractivity contribution in [3.8, 4) is 0 Å². The van der Waals surface area contributed by atoms with Gasteiger partial charge in [-0.1, -0.05) is 27.7 Å². The Morgan fingerprint density at radius 2 is 1.41 bits per heavy atom. The van der Waals surface area contributed by atoms with Crippen LogP contribution in [0.2, 0.25) is 0 Å². The summed E-state index contributed by atoms with van der Waals surface area (Å²) in [6.07, 6.45) is -0.382. The second kappa shape index (κ2) is 12.7. The van der Waals surface area contributed by atoms with Gasteiger partial charge in [0.25, 0.3) is 0 Å². The Balaban J connectivity index is 5.42. The van der Waals surface area contributed by atoms with Crippen LogP contribution in [0.25, 0.3) is 0 Å². The van der Waals surface area contributed by atoms with Crippen LogP contribution in [0, 0.1) is 11.8 Å². The molecule has 3 unspecified atom stereocenters. The van der Waals surface area contributed by atoms with E-state index in [2.05, 4.69) is 16.0 Å². The number of hydrogen-bond donors (Lipinski definition) is 6. The van der Waals surface area contributed by atoms with Crippen LogP contribution in [0.3, 0.4) is 0 Å². The van der Waals surface area contributed by atoms with Crippen LogP contribution in [0.4, 0.5) is 0 Å². The van der Waals surface area contributed by atoms with E-state index >= 15 is 0 Å². The van der Waals surface area contributed by atoms with Gasteiger partial charge >= 0.3 is 11.9 Å². The second-order valence-electron chi connectivity index (χ2n) is 7.52. The number of hydrogen-bond acceptors (Lipinski definition) is 6. The Labute approximate surface area is 169 Å². The summed E-state index contributed by atoms with van der Waals surface area (Å²) >= 11 is 0. The average molecular weight is 416 g/mol. The predicted octanol–water partition coefficient (Wildman–Crippen LogP) is -0.949. The number of carbonyl (C=O) groups excluding carboxylic acids is 3. The maximum absolute atomic E-state index is 12.6. The van der Waals surface area contributed by atoms with Gasteiger partial charge in [0.2, 0.25) is 17.7 Å². The zero-order valence-electron chi connectivity index (χ0n) is 17.2. The molecule has 29 heavy (non-hydrogen) atoms. The zero-order chi connectivity index (χ0) is 22.7. The third-order valence-electron chi connectivity index (χ3n) is 4.05. The summed E-state index contributed by atoms with van der Waals surface area (Å²) in [5, 5.41) is 25.4. The van der Waals surface area contributed by atoms with Gasteiger partial charge in [-0.2, -0.15) is 0 Å². The molecule has 0 heterocycles. The number of amides is 3. The van der Waals surface area contributed by atoms with E-state index in [1.807, 2.05) is 13.8 Å². The molecule has 0 fully saturated rings. The molecule has 0 aromatic heterocycles. The number of nitrogens with one attached hydrogen (secondary N) is 3. The molecule has 11 nitrogen and oxygen atoms in total. The second-order valence-corrected chi connectivity index (χ2v) is 7.52. The van der Waals surface area contributed by atoms with Crippen molar-refractivity contribution < 1.29 is 34.2 Å². The summed E-state index contributed by atoms with van der Waals surface area (Å²) in [7, 11) is 0. The highest BCUT2D eigenvalue weighted by Gasteiger charge is 2.31. The normalized spacial score (nSPS) is 14.0. The van der Waals surface area contributed by atoms with Crippen LogP contribution < -0.4 is 21.7 Å².